The Kier molecular flexibility index (Phi) is 7.47. The quantitative estimate of drug-likeness (QED) is 0.338. The number of nitrogens with one attached hydrogen (secondary N) is 2. The standard InChI is InChI=1S/C26H25FN4O4/c1-3-34-13-5-12-28-24(32)18-6-4-7-20(14-18)29-25(33)21-15-22(17-8-10-19(27)11-9-17)30-26-23(21)16(2)31-35-26/h4,6-11,14-15H,3,5,12-13H2,1-2H3,(H,28,32)(H,29,33). The highest BCUT2D eigenvalue weighted by atomic mass is 19.1. The van der Waals surface area contributed by atoms with Gasteiger partial charge in [0.1, 0.15) is 5.82 Å². The number of hydrogen-bond acceptors (Lipinski definition) is 6. The number of halogens is 1. The number of carbonyl (C=O) groups is 2. The minimum atomic E-state index is -0.415. The van der Waals surface area contributed by atoms with Crippen LogP contribution in [0.15, 0.2) is 59.1 Å². The van der Waals surface area contributed by atoms with Gasteiger partial charge in [-0.3, -0.25) is 9.59 Å². The number of nitrogens with zero attached hydrogens (tertiary/aromatic N) is 2. The summed E-state index contributed by atoms with van der Waals surface area (Å²) in [6.07, 6.45) is 0.711. The second kappa shape index (κ2) is 10.9. The number of ether oxygens (including phenoxy) is 1. The van der Waals surface area contributed by atoms with E-state index in [-0.39, 0.29) is 17.4 Å². The molecule has 0 saturated carbocycles. The van der Waals surface area contributed by atoms with E-state index in [0.29, 0.717) is 65.3 Å². The molecule has 2 N–H and O–H groups in total. The first-order valence-electron chi connectivity index (χ1n) is 11.3. The average Bonchev–Trinajstić information content (AvgIpc) is 3.24. The number of aryl methyl sites for hydroxylation is 1. The Bertz CT molecular complexity index is 1350. The molecular formula is C26H25FN4O4. The molecule has 0 aliphatic rings. The molecule has 0 saturated heterocycles. The fourth-order valence-electron chi connectivity index (χ4n) is 3.60. The van der Waals surface area contributed by atoms with E-state index in [9.17, 15) is 14.0 Å². The second-order valence-electron chi connectivity index (χ2n) is 7.85. The molecule has 0 aliphatic heterocycles. The van der Waals surface area contributed by atoms with Gasteiger partial charge < -0.3 is 19.9 Å². The molecule has 4 rings (SSSR count). The summed E-state index contributed by atoms with van der Waals surface area (Å²) in [5.74, 6) is -1.03. The molecule has 0 spiro atoms. The smallest absolute Gasteiger partial charge is 0.259 e. The van der Waals surface area contributed by atoms with Crippen LogP contribution < -0.4 is 10.6 Å². The molecule has 2 aromatic carbocycles. The van der Waals surface area contributed by atoms with Crippen LogP contribution >= 0.6 is 0 Å². The van der Waals surface area contributed by atoms with Crippen LogP contribution in [0.25, 0.3) is 22.4 Å². The summed E-state index contributed by atoms with van der Waals surface area (Å²) in [6, 6.07) is 14.1. The molecule has 0 aliphatic carbocycles. The van der Waals surface area contributed by atoms with Crippen LogP contribution in [0.5, 0.6) is 0 Å². The Morgan fingerprint density at radius 3 is 2.66 bits per heavy atom. The summed E-state index contributed by atoms with van der Waals surface area (Å²) < 4.78 is 23.9. The Balaban J connectivity index is 1.56. The van der Waals surface area contributed by atoms with Crippen molar-refractivity contribution in [2.24, 2.45) is 0 Å². The van der Waals surface area contributed by atoms with Gasteiger partial charge in [-0.1, -0.05) is 11.2 Å². The molecule has 0 bridgehead atoms. The third kappa shape index (κ3) is 5.70. The SMILES string of the molecule is CCOCCCNC(=O)c1cccc(NC(=O)c2cc(-c3ccc(F)cc3)nc3onc(C)c23)c1. The Hall–Kier alpha value is -4.11. The fraction of sp³-hybridized carbons (Fsp3) is 0.231. The summed E-state index contributed by atoms with van der Waals surface area (Å²) in [5, 5.41) is 10.1. The molecule has 9 heteroatoms. The van der Waals surface area contributed by atoms with E-state index in [2.05, 4.69) is 20.8 Å². The van der Waals surface area contributed by atoms with Crippen molar-refractivity contribution >= 4 is 28.6 Å². The summed E-state index contributed by atoms with van der Waals surface area (Å²) in [6.45, 7) is 5.35. The van der Waals surface area contributed by atoms with Crippen molar-refractivity contribution in [2.75, 3.05) is 25.1 Å². The van der Waals surface area contributed by atoms with Crippen molar-refractivity contribution in [3.63, 3.8) is 0 Å². The van der Waals surface area contributed by atoms with Crippen molar-refractivity contribution in [1.29, 1.82) is 0 Å². The van der Waals surface area contributed by atoms with Gasteiger partial charge in [0.05, 0.1) is 22.3 Å². The zero-order valence-electron chi connectivity index (χ0n) is 19.4. The van der Waals surface area contributed by atoms with E-state index in [4.69, 9.17) is 9.26 Å². The summed E-state index contributed by atoms with van der Waals surface area (Å²) in [7, 11) is 0. The molecule has 2 amide bonds. The molecule has 0 radical (unpaired) electrons. The molecule has 0 atom stereocenters. The minimum Gasteiger partial charge on any atom is -0.382 e. The van der Waals surface area contributed by atoms with Crippen molar-refractivity contribution in [1.82, 2.24) is 15.5 Å². The highest BCUT2D eigenvalue weighted by Gasteiger charge is 2.20. The van der Waals surface area contributed by atoms with Gasteiger partial charge >= 0.3 is 0 Å². The molecule has 180 valence electrons. The summed E-state index contributed by atoms with van der Waals surface area (Å²) in [4.78, 5) is 30.2. The summed E-state index contributed by atoms with van der Waals surface area (Å²) >= 11 is 0. The van der Waals surface area contributed by atoms with Crippen LogP contribution in [0, 0.1) is 12.7 Å². The van der Waals surface area contributed by atoms with Gasteiger partial charge in [-0.2, -0.15) is 0 Å². The molecule has 8 nitrogen and oxygen atoms in total. The number of amides is 2. The first-order chi connectivity index (χ1) is 17.0. The molecule has 2 aromatic heterocycles. The lowest BCUT2D eigenvalue weighted by molar-refractivity contribution is 0.0943. The minimum absolute atomic E-state index is 0.203. The lowest BCUT2D eigenvalue weighted by Crippen LogP contribution is -2.25. The Labute approximate surface area is 201 Å². The number of benzene rings is 2. The maximum absolute atomic E-state index is 13.4. The molecular weight excluding hydrogens is 451 g/mol. The lowest BCUT2D eigenvalue weighted by atomic mass is 10.0. The highest BCUT2D eigenvalue weighted by Crippen LogP contribution is 2.28. The van der Waals surface area contributed by atoms with Crippen molar-refractivity contribution in [3.8, 4) is 11.3 Å². The Morgan fingerprint density at radius 2 is 1.89 bits per heavy atom. The van der Waals surface area contributed by atoms with E-state index >= 15 is 0 Å². The van der Waals surface area contributed by atoms with Gasteiger partial charge in [0.25, 0.3) is 17.5 Å². The van der Waals surface area contributed by atoms with E-state index in [1.807, 2.05) is 6.92 Å². The van der Waals surface area contributed by atoms with Crippen LogP contribution in [-0.4, -0.2) is 41.7 Å². The van der Waals surface area contributed by atoms with Gasteiger partial charge in [-0.05, 0) is 68.8 Å². The molecule has 0 unspecified atom stereocenters. The second-order valence-corrected chi connectivity index (χ2v) is 7.85. The van der Waals surface area contributed by atoms with Gasteiger partial charge in [-0.25, -0.2) is 9.37 Å². The van der Waals surface area contributed by atoms with Gasteiger partial charge in [-0.15, -0.1) is 0 Å². The zero-order chi connectivity index (χ0) is 24.8. The lowest BCUT2D eigenvalue weighted by Gasteiger charge is -2.10. The van der Waals surface area contributed by atoms with Crippen LogP contribution in [0.4, 0.5) is 10.1 Å². The van der Waals surface area contributed by atoms with Crippen molar-refractivity contribution in [3.05, 3.63) is 77.2 Å². The monoisotopic (exact) mass is 476 g/mol. The van der Waals surface area contributed by atoms with Crippen LogP contribution in [0.2, 0.25) is 0 Å². The number of anilines is 1. The molecule has 35 heavy (non-hydrogen) atoms. The van der Waals surface area contributed by atoms with Gasteiger partial charge in [0, 0.05) is 36.6 Å². The van der Waals surface area contributed by atoms with Crippen molar-refractivity contribution in [2.45, 2.75) is 20.3 Å². The third-order valence-corrected chi connectivity index (χ3v) is 5.34. The van der Waals surface area contributed by atoms with Crippen LogP contribution in [-0.2, 0) is 4.74 Å². The highest BCUT2D eigenvalue weighted by molar-refractivity contribution is 6.13. The predicted molar refractivity (Wildman–Crippen MR) is 130 cm³/mol. The average molecular weight is 477 g/mol. The van der Waals surface area contributed by atoms with Crippen LogP contribution in [0.1, 0.15) is 39.8 Å². The molecule has 0 fully saturated rings. The van der Waals surface area contributed by atoms with Gasteiger partial charge in [0.15, 0.2) is 0 Å². The van der Waals surface area contributed by atoms with E-state index in [0.717, 1.165) is 0 Å². The molecule has 2 heterocycles. The van der Waals surface area contributed by atoms with Crippen LogP contribution in [0.3, 0.4) is 0 Å². The number of pyridine rings is 1. The fourth-order valence-corrected chi connectivity index (χ4v) is 3.60. The maximum Gasteiger partial charge on any atom is 0.259 e. The number of aromatic nitrogens is 2. The first-order valence-corrected chi connectivity index (χ1v) is 11.3. The normalized spacial score (nSPS) is 10.9. The summed E-state index contributed by atoms with van der Waals surface area (Å²) in [5.41, 5.74) is 2.97. The van der Waals surface area contributed by atoms with Crippen molar-refractivity contribution < 1.29 is 23.2 Å². The predicted octanol–water partition coefficient (Wildman–Crippen LogP) is 4.75. The third-order valence-electron chi connectivity index (χ3n) is 5.34. The number of fused-ring (bicyclic) bond motifs is 1. The van der Waals surface area contributed by atoms with E-state index < -0.39 is 5.91 Å². The zero-order valence-corrected chi connectivity index (χ0v) is 19.4. The maximum atomic E-state index is 13.4. The number of carbonyl (C=O) groups excluding carboxylic acids is 2. The van der Waals surface area contributed by atoms with Gasteiger partial charge in [0.2, 0.25) is 0 Å². The number of hydrogen-bond donors (Lipinski definition) is 2. The largest absolute Gasteiger partial charge is 0.382 e. The first kappa shape index (κ1) is 24.0. The molecule has 4 aromatic rings. The van der Waals surface area contributed by atoms with E-state index in [1.165, 1.54) is 12.1 Å². The van der Waals surface area contributed by atoms with E-state index in [1.54, 1.807) is 49.4 Å². The number of rotatable bonds is 9. The Morgan fingerprint density at radius 1 is 1.09 bits per heavy atom. The topological polar surface area (TPSA) is 106 Å².